The van der Waals surface area contributed by atoms with Crippen LogP contribution >= 0.6 is 12.4 Å². The molecule has 2 fully saturated rings. The van der Waals surface area contributed by atoms with Gasteiger partial charge in [-0.3, -0.25) is 4.79 Å². The molecule has 9 heteroatoms. The van der Waals surface area contributed by atoms with Crippen molar-refractivity contribution >= 4 is 28.3 Å². The predicted octanol–water partition coefficient (Wildman–Crippen LogP) is 1.86. The molecular weight excluding hydrogens is 393 g/mol. The van der Waals surface area contributed by atoms with Crippen molar-refractivity contribution in [3.63, 3.8) is 0 Å². The summed E-state index contributed by atoms with van der Waals surface area (Å²) in [5.41, 5.74) is 0. The molecule has 152 valence electrons. The van der Waals surface area contributed by atoms with Gasteiger partial charge in [-0.05, 0) is 44.9 Å². The van der Waals surface area contributed by atoms with E-state index in [1.807, 2.05) is 11.9 Å². The molecule has 0 radical (unpaired) electrons. The summed E-state index contributed by atoms with van der Waals surface area (Å²) in [5, 5.41) is 3.13. The zero-order valence-corrected chi connectivity index (χ0v) is 17.1. The van der Waals surface area contributed by atoms with E-state index in [4.69, 9.17) is 0 Å². The van der Waals surface area contributed by atoms with Gasteiger partial charge in [-0.1, -0.05) is 12.1 Å². The number of amides is 1. The summed E-state index contributed by atoms with van der Waals surface area (Å²) < 4.78 is 40.5. The maximum absolute atomic E-state index is 13.9. The van der Waals surface area contributed by atoms with Crippen molar-refractivity contribution in [2.75, 3.05) is 33.2 Å². The van der Waals surface area contributed by atoms with Crippen LogP contribution in [-0.2, 0) is 14.8 Å². The van der Waals surface area contributed by atoms with Gasteiger partial charge in [0.1, 0.15) is 10.7 Å². The lowest BCUT2D eigenvalue weighted by molar-refractivity contribution is -0.137. The molecule has 0 spiro atoms. The summed E-state index contributed by atoms with van der Waals surface area (Å²) in [6.07, 6.45) is 2.98. The number of carbonyl (C=O) groups is 1. The number of benzene rings is 1. The van der Waals surface area contributed by atoms with Crippen LogP contribution in [0.4, 0.5) is 4.39 Å². The Bertz CT molecular complexity index is 754. The molecule has 3 rings (SSSR count). The first kappa shape index (κ1) is 22.1. The number of nitrogens with one attached hydrogen (secondary N) is 1. The second kappa shape index (κ2) is 9.32. The van der Waals surface area contributed by atoms with Crippen LogP contribution < -0.4 is 5.32 Å². The van der Waals surface area contributed by atoms with Gasteiger partial charge in [0, 0.05) is 38.1 Å². The van der Waals surface area contributed by atoms with Gasteiger partial charge in [-0.2, -0.15) is 4.31 Å². The topological polar surface area (TPSA) is 69.7 Å². The Morgan fingerprint density at radius 1 is 1.19 bits per heavy atom. The van der Waals surface area contributed by atoms with Crippen LogP contribution in [-0.4, -0.2) is 62.8 Å². The third-order valence-corrected chi connectivity index (χ3v) is 7.29. The van der Waals surface area contributed by atoms with Gasteiger partial charge in [-0.15, -0.1) is 12.4 Å². The Morgan fingerprint density at radius 2 is 1.85 bits per heavy atom. The van der Waals surface area contributed by atoms with E-state index in [2.05, 4.69) is 5.32 Å². The number of likely N-dealkylation sites (N-methyl/N-ethyl adjacent to an activating group) is 1. The molecule has 2 saturated heterocycles. The van der Waals surface area contributed by atoms with E-state index in [0.29, 0.717) is 12.8 Å². The number of likely N-dealkylation sites (tertiary alicyclic amines) is 1. The van der Waals surface area contributed by atoms with Crippen molar-refractivity contribution in [3.05, 3.63) is 30.1 Å². The van der Waals surface area contributed by atoms with Crippen molar-refractivity contribution in [3.8, 4) is 0 Å². The lowest BCUT2D eigenvalue weighted by Gasteiger charge is -2.34. The minimum atomic E-state index is -3.86. The molecule has 6 nitrogen and oxygen atoms in total. The van der Waals surface area contributed by atoms with Crippen LogP contribution in [0.2, 0.25) is 0 Å². The summed E-state index contributed by atoms with van der Waals surface area (Å²) in [7, 11) is -1.97. The Hall–Kier alpha value is -1.22. The number of piperidine rings is 1. The second-order valence-corrected chi connectivity index (χ2v) is 8.90. The summed E-state index contributed by atoms with van der Waals surface area (Å²) in [6.45, 7) is 2.06. The molecular formula is C18H27ClFN3O3S. The molecule has 2 aliphatic rings. The Morgan fingerprint density at radius 3 is 2.48 bits per heavy atom. The molecule has 2 aliphatic heterocycles. The van der Waals surface area contributed by atoms with Crippen molar-refractivity contribution < 1.29 is 17.6 Å². The van der Waals surface area contributed by atoms with Gasteiger partial charge in [0.25, 0.3) is 0 Å². The maximum atomic E-state index is 13.9. The fraction of sp³-hybridized carbons (Fsp3) is 0.611. The van der Waals surface area contributed by atoms with E-state index in [9.17, 15) is 17.6 Å². The Kier molecular flexibility index (Phi) is 7.62. The molecule has 27 heavy (non-hydrogen) atoms. The number of rotatable bonds is 5. The first-order chi connectivity index (χ1) is 12.4. The minimum Gasteiger partial charge on any atom is -0.338 e. The van der Waals surface area contributed by atoms with Gasteiger partial charge in [0.05, 0.1) is 0 Å². The molecule has 0 aromatic heterocycles. The van der Waals surface area contributed by atoms with E-state index in [-0.39, 0.29) is 48.3 Å². The summed E-state index contributed by atoms with van der Waals surface area (Å²) in [4.78, 5) is 14.5. The van der Waals surface area contributed by atoms with Crippen LogP contribution in [0, 0.1) is 11.7 Å². The Balaban J connectivity index is 0.00000261. The quantitative estimate of drug-likeness (QED) is 0.790. The number of hydrogen-bond acceptors (Lipinski definition) is 4. The summed E-state index contributed by atoms with van der Waals surface area (Å²) >= 11 is 0. The van der Waals surface area contributed by atoms with E-state index in [1.54, 1.807) is 0 Å². The summed E-state index contributed by atoms with van der Waals surface area (Å²) in [6, 6.07) is 5.65. The second-order valence-electron chi connectivity index (χ2n) is 6.99. The highest BCUT2D eigenvalue weighted by Crippen LogP contribution is 2.28. The zero-order chi connectivity index (χ0) is 18.7. The highest BCUT2D eigenvalue weighted by Gasteiger charge is 2.37. The minimum absolute atomic E-state index is 0. The van der Waals surface area contributed by atoms with Crippen LogP contribution in [0.5, 0.6) is 0 Å². The third-order valence-electron chi connectivity index (χ3n) is 5.36. The van der Waals surface area contributed by atoms with Crippen molar-refractivity contribution in [2.24, 2.45) is 5.92 Å². The molecule has 2 heterocycles. The van der Waals surface area contributed by atoms with Crippen LogP contribution in [0.3, 0.4) is 0 Å². The first-order valence-corrected chi connectivity index (χ1v) is 10.6. The smallest absolute Gasteiger partial charge is 0.245 e. The molecule has 1 atom stereocenters. The molecule has 0 bridgehead atoms. The highest BCUT2D eigenvalue weighted by molar-refractivity contribution is 7.89. The normalized spacial score (nSPS) is 21.9. The van der Waals surface area contributed by atoms with E-state index >= 15 is 0 Å². The zero-order valence-electron chi connectivity index (χ0n) is 15.4. The average Bonchev–Trinajstić information content (AvgIpc) is 3.10. The maximum Gasteiger partial charge on any atom is 0.245 e. The van der Waals surface area contributed by atoms with Crippen LogP contribution in [0.1, 0.15) is 25.7 Å². The number of carbonyl (C=O) groups excluding carboxylic acids is 1. The Labute approximate surface area is 166 Å². The van der Waals surface area contributed by atoms with Gasteiger partial charge in [0.2, 0.25) is 15.9 Å². The van der Waals surface area contributed by atoms with Crippen LogP contribution in [0.25, 0.3) is 0 Å². The largest absolute Gasteiger partial charge is 0.338 e. The standard InChI is InChI=1S/C18H26FN3O3S.ClH/c1-20-13-15-5-4-10-22(15)18(23)14-8-11-21(12-9-14)26(24,25)17-7-3-2-6-16(17)19;/h2-3,6-7,14-15,20H,4-5,8-13H2,1H3;1H. The van der Waals surface area contributed by atoms with Crippen molar-refractivity contribution in [2.45, 2.75) is 36.6 Å². The SMILES string of the molecule is CNCC1CCCN1C(=O)C1CCN(S(=O)(=O)c2ccccc2F)CC1.Cl. The van der Waals surface area contributed by atoms with Gasteiger partial charge >= 0.3 is 0 Å². The monoisotopic (exact) mass is 419 g/mol. The average molecular weight is 420 g/mol. The van der Waals surface area contributed by atoms with Crippen LogP contribution in [0.15, 0.2) is 29.2 Å². The lowest BCUT2D eigenvalue weighted by Crippen LogP contribution is -2.47. The summed E-state index contributed by atoms with van der Waals surface area (Å²) in [5.74, 6) is -0.761. The van der Waals surface area contributed by atoms with Gasteiger partial charge < -0.3 is 10.2 Å². The molecule has 1 unspecified atom stereocenters. The van der Waals surface area contributed by atoms with Crippen molar-refractivity contribution in [1.29, 1.82) is 0 Å². The third kappa shape index (κ3) is 4.62. The van der Waals surface area contributed by atoms with E-state index in [1.165, 1.54) is 22.5 Å². The fourth-order valence-corrected chi connectivity index (χ4v) is 5.48. The van der Waals surface area contributed by atoms with Gasteiger partial charge in [-0.25, -0.2) is 12.8 Å². The molecule has 1 aromatic carbocycles. The molecule has 1 N–H and O–H groups in total. The van der Waals surface area contributed by atoms with E-state index < -0.39 is 15.8 Å². The molecule has 0 aliphatic carbocycles. The molecule has 1 amide bonds. The number of hydrogen-bond donors (Lipinski definition) is 1. The predicted molar refractivity (Wildman–Crippen MR) is 104 cm³/mol. The van der Waals surface area contributed by atoms with Crippen molar-refractivity contribution in [1.82, 2.24) is 14.5 Å². The lowest BCUT2D eigenvalue weighted by atomic mass is 9.96. The number of sulfonamides is 1. The van der Waals surface area contributed by atoms with Gasteiger partial charge in [0.15, 0.2) is 0 Å². The number of nitrogens with zero attached hydrogens (tertiary/aromatic N) is 2. The molecule has 0 saturated carbocycles. The van der Waals surface area contributed by atoms with E-state index in [0.717, 1.165) is 32.0 Å². The first-order valence-electron chi connectivity index (χ1n) is 9.15. The molecule has 1 aromatic rings. The fourth-order valence-electron chi connectivity index (χ4n) is 3.94. The highest BCUT2D eigenvalue weighted by atomic mass is 35.5. The number of halogens is 2.